The molecule has 0 radical (unpaired) electrons. The van der Waals surface area contributed by atoms with Crippen LogP contribution in [0, 0.1) is 0 Å². The number of nitrogens with zero attached hydrogens (tertiary/aromatic N) is 1. The number of nitrogens with one attached hydrogen (secondary N) is 1. The van der Waals surface area contributed by atoms with Crippen molar-refractivity contribution in [2.24, 2.45) is 0 Å². The van der Waals surface area contributed by atoms with Crippen molar-refractivity contribution in [2.45, 2.75) is 6.42 Å². The molecule has 2 aromatic carbocycles. The van der Waals surface area contributed by atoms with Gasteiger partial charge in [-0.1, -0.05) is 23.2 Å². The number of carbonyl (C=O) groups excluding carboxylic acids is 1. The molecule has 0 saturated carbocycles. The first-order chi connectivity index (χ1) is 11.4. The average Bonchev–Trinajstić information content (AvgIpc) is 2.90. The minimum absolute atomic E-state index is 0.165. The summed E-state index contributed by atoms with van der Waals surface area (Å²) in [5.41, 5.74) is 1.40. The molecular weight excluding hydrogens is 371 g/mol. The lowest BCUT2D eigenvalue weighted by atomic mass is 10.2. The number of hydrogen-bond acceptors (Lipinski definition) is 3. The molecule has 0 bridgehead atoms. The summed E-state index contributed by atoms with van der Waals surface area (Å²) in [7, 11) is -3.22. The van der Waals surface area contributed by atoms with Gasteiger partial charge in [-0.2, -0.15) is 0 Å². The van der Waals surface area contributed by atoms with E-state index < -0.39 is 10.0 Å². The fourth-order valence-corrected chi connectivity index (χ4v) is 4.45. The van der Waals surface area contributed by atoms with Gasteiger partial charge in [-0.25, -0.2) is 8.42 Å². The van der Waals surface area contributed by atoms with Crippen LogP contribution in [0.4, 0.5) is 11.4 Å². The van der Waals surface area contributed by atoms with Gasteiger partial charge in [0, 0.05) is 17.3 Å². The number of sulfonamides is 1. The molecule has 1 heterocycles. The topological polar surface area (TPSA) is 66.5 Å². The van der Waals surface area contributed by atoms with E-state index in [0.717, 1.165) is 0 Å². The van der Waals surface area contributed by atoms with Crippen molar-refractivity contribution in [2.75, 3.05) is 21.9 Å². The lowest BCUT2D eigenvalue weighted by Gasteiger charge is -2.17. The molecular formula is C16H14Cl2N2O3S. The number of rotatable bonds is 3. The Bertz CT molecular complexity index is 883. The zero-order chi connectivity index (χ0) is 17.3. The third kappa shape index (κ3) is 3.50. The number of halogens is 2. The molecule has 1 aliphatic rings. The summed E-state index contributed by atoms with van der Waals surface area (Å²) >= 11 is 11.9. The van der Waals surface area contributed by atoms with Crippen LogP contribution in [0.2, 0.25) is 10.0 Å². The number of benzene rings is 2. The van der Waals surface area contributed by atoms with Crippen LogP contribution in [0.5, 0.6) is 0 Å². The fraction of sp³-hybridized carbons (Fsp3) is 0.188. The van der Waals surface area contributed by atoms with Crippen LogP contribution in [0.1, 0.15) is 16.8 Å². The van der Waals surface area contributed by atoms with Crippen molar-refractivity contribution in [3.8, 4) is 0 Å². The van der Waals surface area contributed by atoms with Crippen LogP contribution in [0.3, 0.4) is 0 Å². The van der Waals surface area contributed by atoms with E-state index in [2.05, 4.69) is 5.32 Å². The molecule has 3 rings (SSSR count). The third-order valence-electron chi connectivity index (χ3n) is 3.69. The summed E-state index contributed by atoms with van der Waals surface area (Å²) in [6.07, 6.45) is 0.619. The Balaban J connectivity index is 1.77. The molecule has 1 N–H and O–H groups in total. The Morgan fingerprint density at radius 1 is 1.08 bits per heavy atom. The zero-order valence-electron chi connectivity index (χ0n) is 12.5. The van der Waals surface area contributed by atoms with Gasteiger partial charge in [0.2, 0.25) is 10.0 Å². The first-order valence-electron chi connectivity index (χ1n) is 7.24. The van der Waals surface area contributed by atoms with Gasteiger partial charge in [-0.15, -0.1) is 0 Å². The molecule has 1 fully saturated rings. The Kier molecular flexibility index (Phi) is 4.71. The van der Waals surface area contributed by atoms with E-state index in [9.17, 15) is 13.2 Å². The Morgan fingerprint density at radius 2 is 1.79 bits per heavy atom. The first kappa shape index (κ1) is 17.1. The monoisotopic (exact) mass is 384 g/mol. The van der Waals surface area contributed by atoms with Crippen LogP contribution in [-0.2, 0) is 10.0 Å². The summed E-state index contributed by atoms with van der Waals surface area (Å²) in [4.78, 5) is 12.3. The quantitative estimate of drug-likeness (QED) is 0.875. The molecule has 0 aliphatic carbocycles. The van der Waals surface area contributed by atoms with Crippen molar-refractivity contribution >= 4 is 50.5 Å². The number of hydrogen-bond donors (Lipinski definition) is 1. The molecule has 126 valence electrons. The summed E-state index contributed by atoms with van der Waals surface area (Å²) < 4.78 is 25.2. The average molecular weight is 385 g/mol. The Labute approximate surface area is 150 Å². The Morgan fingerprint density at radius 3 is 2.42 bits per heavy atom. The van der Waals surface area contributed by atoms with Gasteiger partial charge in [0.1, 0.15) is 0 Å². The van der Waals surface area contributed by atoms with Crippen LogP contribution >= 0.6 is 23.2 Å². The van der Waals surface area contributed by atoms with E-state index >= 15 is 0 Å². The van der Waals surface area contributed by atoms with Gasteiger partial charge in [-0.3, -0.25) is 9.10 Å². The molecule has 0 unspecified atom stereocenters. The lowest BCUT2D eigenvalue weighted by molar-refractivity contribution is 0.102. The molecule has 0 aromatic heterocycles. The van der Waals surface area contributed by atoms with Crippen molar-refractivity contribution in [3.63, 3.8) is 0 Å². The van der Waals surface area contributed by atoms with E-state index in [1.54, 1.807) is 36.4 Å². The molecule has 0 spiro atoms. The number of carbonyl (C=O) groups is 1. The molecule has 1 amide bonds. The predicted octanol–water partition coefficient (Wildman–Crippen LogP) is 3.79. The van der Waals surface area contributed by atoms with Crippen molar-refractivity contribution in [3.05, 3.63) is 58.1 Å². The highest BCUT2D eigenvalue weighted by atomic mass is 35.5. The van der Waals surface area contributed by atoms with Gasteiger partial charge >= 0.3 is 0 Å². The van der Waals surface area contributed by atoms with E-state index in [1.807, 2.05) is 0 Å². The molecule has 5 nitrogen and oxygen atoms in total. The second-order valence-corrected chi connectivity index (χ2v) is 8.22. The normalized spacial score (nSPS) is 16.2. The van der Waals surface area contributed by atoms with E-state index in [4.69, 9.17) is 23.2 Å². The molecule has 8 heteroatoms. The molecule has 1 saturated heterocycles. The summed E-state index contributed by atoms with van der Waals surface area (Å²) in [5, 5.41) is 3.43. The van der Waals surface area contributed by atoms with Gasteiger partial charge in [0.05, 0.1) is 22.0 Å². The maximum absolute atomic E-state index is 12.3. The summed E-state index contributed by atoms with van der Waals surface area (Å²) in [6.45, 7) is 0.478. The smallest absolute Gasteiger partial charge is 0.257 e. The minimum atomic E-state index is -3.22. The number of amides is 1. The molecule has 0 atom stereocenters. The minimum Gasteiger partial charge on any atom is -0.322 e. The van der Waals surface area contributed by atoms with E-state index in [0.29, 0.717) is 34.4 Å². The second-order valence-electron chi connectivity index (χ2n) is 5.37. The highest BCUT2D eigenvalue weighted by Crippen LogP contribution is 2.26. The third-order valence-corrected chi connectivity index (χ3v) is 6.12. The summed E-state index contributed by atoms with van der Waals surface area (Å²) in [6, 6.07) is 11.3. The van der Waals surface area contributed by atoms with Crippen molar-refractivity contribution in [1.29, 1.82) is 0 Å². The fourth-order valence-electron chi connectivity index (χ4n) is 2.51. The van der Waals surface area contributed by atoms with E-state index in [-0.39, 0.29) is 17.2 Å². The SMILES string of the molecule is O=C(Nc1ccc(N2CCCS2(=O)=O)cc1)c1cc(Cl)ccc1Cl. The van der Waals surface area contributed by atoms with Gasteiger partial charge < -0.3 is 5.32 Å². The maximum Gasteiger partial charge on any atom is 0.257 e. The van der Waals surface area contributed by atoms with E-state index in [1.165, 1.54) is 10.4 Å². The molecule has 24 heavy (non-hydrogen) atoms. The second kappa shape index (κ2) is 6.63. The zero-order valence-corrected chi connectivity index (χ0v) is 14.8. The predicted molar refractivity (Wildman–Crippen MR) is 96.6 cm³/mol. The standard InChI is InChI=1S/C16H14Cl2N2O3S/c17-11-2-7-15(18)14(10-11)16(21)19-12-3-5-13(6-4-12)20-8-1-9-24(20,22)23/h2-7,10H,1,8-9H2,(H,19,21). The molecule has 1 aliphatic heterocycles. The highest BCUT2D eigenvalue weighted by Gasteiger charge is 2.28. The van der Waals surface area contributed by atoms with Crippen molar-refractivity contribution < 1.29 is 13.2 Å². The van der Waals surface area contributed by atoms with Crippen LogP contribution in [0.15, 0.2) is 42.5 Å². The number of anilines is 2. The Hall–Kier alpha value is -1.76. The van der Waals surface area contributed by atoms with Crippen molar-refractivity contribution in [1.82, 2.24) is 0 Å². The van der Waals surface area contributed by atoms with Crippen LogP contribution < -0.4 is 9.62 Å². The van der Waals surface area contributed by atoms with Crippen LogP contribution in [-0.4, -0.2) is 26.6 Å². The lowest BCUT2D eigenvalue weighted by Crippen LogP contribution is -2.25. The van der Waals surface area contributed by atoms with Crippen LogP contribution in [0.25, 0.3) is 0 Å². The maximum atomic E-state index is 12.3. The largest absolute Gasteiger partial charge is 0.322 e. The molecule has 2 aromatic rings. The first-order valence-corrected chi connectivity index (χ1v) is 9.60. The highest BCUT2D eigenvalue weighted by molar-refractivity contribution is 7.93. The van der Waals surface area contributed by atoms with Gasteiger partial charge in [-0.05, 0) is 48.9 Å². The van der Waals surface area contributed by atoms with Gasteiger partial charge in [0.25, 0.3) is 5.91 Å². The van der Waals surface area contributed by atoms with Gasteiger partial charge in [0.15, 0.2) is 0 Å². The summed E-state index contributed by atoms with van der Waals surface area (Å²) in [5.74, 6) is -0.220.